The smallest absolute Gasteiger partial charge is 0.231 e. The minimum atomic E-state index is -0.525. The molecule has 0 saturated heterocycles. The van der Waals surface area contributed by atoms with Crippen LogP contribution in [0.5, 0.6) is 11.5 Å². The highest BCUT2D eigenvalue weighted by molar-refractivity contribution is 7.11. The second kappa shape index (κ2) is 7.34. The van der Waals surface area contributed by atoms with E-state index < -0.39 is 17.3 Å². The van der Waals surface area contributed by atoms with Crippen LogP contribution in [0.25, 0.3) is 0 Å². The molecule has 2 aliphatic rings. The number of nitrogens with two attached hydrogens (primary N) is 1. The maximum atomic E-state index is 13.3. The number of nitrogens with zero attached hydrogens (tertiary/aromatic N) is 1. The van der Waals surface area contributed by atoms with Crippen LogP contribution in [0, 0.1) is 5.82 Å². The molecule has 0 bridgehead atoms. The minimum Gasteiger partial charge on any atom is -0.454 e. The molecule has 0 unspecified atom stereocenters. The van der Waals surface area contributed by atoms with Gasteiger partial charge in [-0.3, -0.25) is 4.79 Å². The summed E-state index contributed by atoms with van der Waals surface area (Å²) in [6.45, 7) is 0.208. The van der Waals surface area contributed by atoms with Gasteiger partial charge in [0, 0.05) is 16.1 Å². The number of rotatable bonds is 6. The molecule has 0 spiro atoms. The predicted molar refractivity (Wildman–Crippen MR) is 112 cm³/mol. The summed E-state index contributed by atoms with van der Waals surface area (Å²) >= 11 is 7.51. The van der Waals surface area contributed by atoms with Crippen LogP contribution in [-0.2, 0) is 16.6 Å². The van der Waals surface area contributed by atoms with Gasteiger partial charge in [-0.2, -0.15) is 0 Å². The van der Waals surface area contributed by atoms with Crippen molar-refractivity contribution < 1.29 is 18.7 Å². The molecular weight excluding hydrogens is 427 g/mol. The van der Waals surface area contributed by atoms with Crippen LogP contribution in [0.1, 0.15) is 39.9 Å². The number of ketones is 1. The molecule has 1 fully saturated rings. The molecule has 2 aromatic carbocycles. The number of fused-ring (bicyclic) bond motifs is 1. The van der Waals surface area contributed by atoms with E-state index in [0.29, 0.717) is 22.1 Å². The maximum Gasteiger partial charge on any atom is 0.231 e. The van der Waals surface area contributed by atoms with Gasteiger partial charge >= 0.3 is 0 Å². The number of hydrogen-bond donors (Lipinski definition) is 1. The first-order valence-electron chi connectivity index (χ1n) is 9.55. The van der Waals surface area contributed by atoms with Gasteiger partial charge in [-0.05, 0) is 48.2 Å². The minimum absolute atomic E-state index is 0.135. The van der Waals surface area contributed by atoms with Crippen LogP contribution in [0.15, 0.2) is 42.6 Å². The van der Waals surface area contributed by atoms with E-state index in [1.54, 1.807) is 12.3 Å². The Labute approximate surface area is 181 Å². The maximum absolute atomic E-state index is 13.3. The van der Waals surface area contributed by atoms with Crippen molar-refractivity contribution in [2.24, 2.45) is 5.73 Å². The van der Waals surface area contributed by atoms with Gasteiger partial charge in [-0.25, -0.2) is 9.37 Å². The zero-order chi connectivity index (χ0) is 20.9. The molecule has 1 saturated carbocycles. The monoisotopic (exact) mass is 444 g/mol. The molecule has 30 heavy (non-hydrogen) atoms. The standard InChI is InChI=1S/C22H18ClFN2O3S/c23-15-8-13(24)2-3-14(15)21(25)18-10-26-20(30-18)9-19(27)22(5-6-22)12-1-4-16-17(7-12)29-11-28-16/h1-4,7-8,10,21H,5-6,9,11,25H2/t21-/m1/s1. The van der Waals surface area contributed by atoms with Crippen molar-refractivity contribution >= 4 is 28.7 Å². The average molecular weight is 445 g/mol. The Morgan fingerprint density at radius 3 is 2.80 bits per heavy atom. The van der Waals surface area contributed by atoms with E-state index in [-0.39, 0.29) is 24.0 Å². The molecule has 1 aromatic heterocycles. The number of carbonyl (C=O) groups is 1. The molecular formula is C22H18ClFN2O3S. The molecule has 2 heterocycles. The summed E-state index contributed by atoms with van der Waals surface area (Å²) in [6.07, 6.45) is 3.53. The van der Waals surface area contributed by atoms with Gasteiger partial charge in [0.2, 0.25) is 6.79 Å². The van der Waals surface area contributed by atoms with Crippen LogP contribution >= 0.6 is 22.9 Å². The second-order valence-corrected chi connectivity index (χ2v) is 9.10. The summed E-state index contributed by atoms with van der Waals surface area (Å²) < 4.78 is 24.1. The van der Waals surface area contributed by atoms with Crippen molar-refractivity contribution in [1.29, 1.82) is 0 Å². The number of aromatic nitrogens is 1. The topological polar surface area (TPSA) is 74.4 Å². The van der Waals surface area contributed by atoms with Gasteiger partial charge in [0.15, 0.2) is 11.5 Å². The molecule has 1 atom stereocenters. The van der Waals surface area contributed by atoms with Gasteiger partial charge in [0.25, 0.3) is 0 Å². The fraction of sp³-hybridized carbons (Fsp3) is 0.273. The quantitative estimate of drug-likeness (QED) is 0.603. The van der Waals surface area contributed by atoms with E-state index in [1.165, 1.54) is 23.5 Å². The Balaban J connectivity index is 1.33. The summed E-state index contributed by atoms with van der Waals surface area (Å²) in [5.74, 6) is 1.12. The molecule has 3 aromatic rings. The third-order valence-electron chi connectivity index (χ3n) is 5.70. The third-order valence-corrected chi connectivity index (χ3v) is 7.10. The highest BCUT2D eigenvalue weighted by atomic mass is 35.5. The summed E-state index contributed by atoms with van der Waals surface area (Å²) in [7, 11) is 0. The lowest BCUT2D eigenvalue weighted by Gasteiger charge is -2.14. The second-order valence-electron chi connectivity index (χ2n) is 7.55. The highest BCUT2D eigenvalue weighted by Gasteiger charge is 2.51. The van der Waals surface area contributed by atoms with Crippen LogP contribution in [0.2, 0.25) is 5.02 Å². The van der Waals surface area contributed by atoms with Gasteiger partial charge in [0.05, 0.1) is 17.9 Å². The number of Topliss-reactive ketones (excluding diaryl/α,β-unsaturated/α-hetero) is 1. The van der Waals surface area contributed by atoms with E-state index >= 15 is 0 Å². The largest absolute Gasteiger partial charge is 0.454 e. The van der Waals surface area contributed by atoms with Crippen molar-refractivity contribution in [3.05, 3.63) is 74.4 Å². The summed E-state index contributed by atoms with van der Waals surface area (Å²) in [5.41, 5.74) is 7.41. The first kappa shape index (κ1) is 19.5. The lowest BCUT2D eigenvalue weighted by atomic mass is 9.89. The van der Waals surface area contributed by atoms with Gasteiger partial charge in [-0.15, -0.1) is 11.3 Å². The first-order valence-corrected chi connectivity index (χ1v) is 10.7. The van der Waals surface area contributed by atoms with Gasteiger partial charge in [0.1, 0.15) is 16.6 Å². The number of hydrogen-bond acceptors (Lipinski definition) is 6. The molecule has 2 N–H and O–H groups in total. The van der Waals surface area contributed by atoms with Crippen molar-refractivity contribution in [2.45, 2.75) is 30.7 Å². The van der Waals surface area contributed by atoms with Crippen molar-refractivity contribution in [3.8, 4) is 11.5 Å². The molecule has 1 aliphatic heterocycles. The van der Waals surface area contributed by atoms with E-state index in [0.717, 1.165) is 23.3 Å². The van der Waals surface area contributed by atoms with E-state index in [1.807, 2.05) is 18.2 Å². The molecule has 5 nitrogen and oxygen atoms in total. The fourth-order valence-corrected chi connectivity index (χ4v) is 5.04. The zero-order valence-corrected chi connectivity index (χ0v) is 17.4. The fourth-order valence-electron chi connectivity index (χ4n) is 3.81. The van der Waals surface area contributed by atoms with Crippen LogP contribution in [0.3, 0.4) is 0 Å². The van der Waals surface area contributed by atoms with Crippen LogP contribution in [0.4, 0.5) is 4.39 Å². The Bertz CT molecular complexity index is 1150. The summed E-state index contributed by atoms with van der Waals surface area (Å²) in [5, 5.41) is 0.976. The highest BCUT2D eigenvalue weighted by Crippen LogP contribution is 2.51. The Hall–Kier alpha value is -2.48. The van der Waals surface area contributed by atoms with Crippen molar-refractivity contribution in [1.82, 2.24) is 4.98 Å². The summed E-state index contributed by atoms with van der Waals surface area (Å²) in [4.78, 5) is 18.3. The number of halogens is 2. The molecule has 154 valence electrons. The SMILES string of the molecule is N[C@@H](c1cnc(CC(=O)C2(c3ccc4c(c3)OCO4)CC2)s1)c1ccc(F)cc1Cl. The number of ether oxygens (including phenoxy) is 2. The van der Waals surface area contributed by atoms with Crippen LogP contribution in [-0.4, -0.2) is 17.6 Å². The Kier molecular flexibility index (Phi) is 4.76. The number of thiazole rings is 1. The predicted octanol–water partition coefficient (Wildman–Crippen LogP) is 4.56. The van der Waals surface area contributed by atoms with E-state index in [9.17, 15) is 9.18 Å². The Morgan fingerprint density at radius 2 is 2.03 bits per heavy atom. The van der Waals surface area contributed by atoms with Gasteiger partial charge in [-0.1, -0.05) is 23.7 Å². The molecule has 5 rings (SSSR count). The lowest BCUT2D eigenvalue weighted by molar-refractivity contribution is -0.120. The molecule has 0 amide bonds. The first-order chi connectivity index (χ1) is 14.5. The van der Waals surface area contributed by atoms with E-state index in [4.69, 9.17) is 26.8 Å². The normalized spacial score (nSPS) is 17.0. The lowest BCUT2D eigenvalue weighted by Crippen LogP contribution is -2.22. The van der Waals surface area contributed by atoms with Crippen molar-refractivity contribution in [2.75, 3.05) is 6.79 Å². The number of benzene rings is 2. The average Bonchev–Trinajstić information content (AvgIpc) is 3.18. The zero-order valence-electron chi connectivity index (χ0n) is 15.9. The van der Waals surface area contributed by atoms with Gasteiger partial charge < -0.3 is 15.2 Å². The third kappa shape index (κ3) is 3.37. The van der Waals surface area contributed by atoms with Crippen LogP contribution < -0.4 is 15.2 Å². The molecule has 8 heteroatoms. The van der Waals surface area contributed by atoms with Crippen molar-refractivity contribution in [3.63, 3.8) is 0 Å². The number of carbonyl (C=O) groups excluding carboxylic acids is 1. The summed E-state index contributed by atoms with van der Waals surface area (Å²) in [6, 6.07) is 9.33. The Morgan fingerprint density at radius 1 is 1.23 bits per heavy atom. The molecule has 1 aliphatic carbocycles. The van der Waals surface area contributed by atoms with E-state index in [2.05, 4.69) is 4.98 Å². The molecule has 0 radical (unpaired) electrons.